The minimum Gasteiger partial charge on any atom is -0.358 e. The molecule has 5 rings (SSSR count). The first kappa shape index (κ1) is 20.6. The highest BCUT2D eigenvalue weighted by atomic mass is 19.4. The number of aromatic amines is 1. The number of halogens is 3. The highest BCUT2D eigenvalue weighted by Gasteiger charge is 2.31. The SMILES string of the molecule is C[C@H](NC(=O)c1ncnc2c1CC(=O)N2)c1cc(-c2nc3ccc(C(F)(F)F)cc3[nH]2)no1. The van der Waals surface area contributed by atoms with Gasteiger partial charge in [0.05, 0.1) is 29.1 Å². The van der Waals surface area contributed by atoms with Crippen LogP contribution in [0.5, 0.6) is 0 Å². The Bertz CT molecular complexity index is 1410. The summed E-state index contributed by atoms with van der Waals surface area (Å²) in [7, 11) is 0. The van der Waals surface area contributed by atoms with Crippen LogP contribution in [0, 0.1) is 0 Å². The zero-order valence-electron chi connectivity index (χ0n) is 16.8. The van der Waals surface area contributed by atoms with E-state index < -0.39 is 23.7 Å². The smallest absolute Gasteiger partial charge is 0.358 e. The lowest BCUT2D eigenvalue weighted by Crippen LogP contribution is -2.28. The second-order valence-corrected chi connectivity index (χ2v) is 7.40. The summed E-state index contributed by atoms with van der Waals surface area (Å²) < 4.78 is 44.1. The van der Waals surface area contributed by atoms with Gasteiger partial charge in [-0.3, -0.25) is 9.59 Å². The van der Waals surface area contributed by atoms with Crippen LogP contribution in [0.3, 0.4) is 0 Å². The number of carbonyl (C=O) groups is 2. The molecule has 33 heavy (non-hydrogen) atoms. The highest BCUT2D eigenvalue weighted by molar-refractivity contribution is 6.03. The zero-order chi connectivity index (χ0) is 23.3. The van der Waals surface area contributed by atoms with Gasteiger partial charge in [-0.15, -0.1) is 0 Å². The molecule has 0 unspecified atom stereocenters. The molecule has 1 aliphatic heterocycles. The molecule has 0 bridgehead atoms. The van der Waals surface area contributed by atoms with E-state index in [-0.39, 0.29) is 40.8 Å². The molecule has 0 saturated heterocycles. The third-order valence-electron chi connectivity index (χ3n) is 5.11. The molecule has 2 amide bonds. The van der Waals surface area contributed by atoms with Crippen molar-refractivity contribution in [3.05, 3.63) is 53.2 Å². The van der Waals surface area contributed by atoms with Gasteiger partial charge in [0, 0.05) is 11.6 Å². The molecule has 1 aliphatic rings. The van der Waals surface area contributed by atoms with Gasteiger partial charge in [-0.25, -0.2) is 15.0 Å². The fourth-order valence-corrected chi connectivity index (χ4v) is 3.47. The second-order valence-electron chi connectivity index (χ2n) is 7.40. The van der Waals surface area contributed by atoms with E-state index in [1.54, 1.807) is 6.92 Å². The largest absolute Gasteiger partial charge is 0.416 e. The van der Waals surface area contributed by atoms with Crippen LogP contribution in [0.1, 0.15) is 40.3 Å². The van der Waals surface area contributed by atoms with Crippen molar-refractivity contribution in [1.82, 2.24) is 30.4 Å². The van der Waals surface area contributed by atoms with Crippen LogP contribution in [0.25, 0.3) is 22.6 Å². The number of rotatable bonds is 4. The molecule has 0 fully saturated rings. The fraction of sp³-hybridized carbons (Fsp3) is 0.200. The number of imidazole rings is 1. The average Bonchev–Trinajstić information content (AvgIpc) is 3.48. The van der Waals surface area contributed by atoms with Crippen LogP contribution in [0.15, 0.2) is 35.1 Å². The monoisotopic (exact) mass is 457 g/mol. The molecule has 0 spiro atoms. The molecule has 3 N–H and O–H groups in total. The van der Waals surface area contributed by atoms with Crippen LogP contribution < -0.4 is 10.6 Å². The van der Waals surface area contributed by atoms with Gasteiger partial charge in [0.2, 0.25) is 5.91 Å². The van der Waals surface area contributed by atoms with Crippen molar-refractivity contribution in [2.45, 2.75) is 25.6 Å². The number of aromatic nitrogens is 5. The quantitative estimate of drug-likeness (QED) is 0.428. The summed E-state index contributed by atoms with van der Waals surface area (Å²) in [6.45, 7) is 1.65. The first-order valence-electron chi connectivity index (χ1n) is 9.67. The molecule has 0 radical (unpaired) electrons. The van der Waals surface area contributed by atoms with Gasteiger partial charge >= 0.3 is 6.18 Å². The van der Waals surface area contributed by atoms with Crippen LogP contribution >= 0.6 is 0 Å². The minimum absolute atomic E-state index is 0.00185. The lowest BCUT2D eigenvalue weighted by Gasteiger charge is -2.11. The number of hydrogen-bond donors (Lipinski definition) is 3. The Hall–Kier alpha value is -4.29. The third-order valence-corrected chi connectivity index (χ3v) is 5.11. The summed E-state index contributed by atoms with van der Waals surface area (Å²) in [6, 6.07) is 4.07. The summed E-state index contributed by atoms with van der Waals surface area (Å²) >= 11 is 0. The minimum atomic E-state index is -4.47. The normalized spacial score (nSPS) is 14.2. The topological polar surface area (TPSA) is 139 Å². The van der Waals surface area contributed by atoms with Crippen molar-refractivity contribution in [1.29, 1.82) is 0 Å². The van der Waals surface area contributed by atoms with E-state index in [0.717, 1.165) is 12.1 Å². The number of anilines is 1. The molecule has 0 saturated carbocycles. The molecule has 4 aromatic rings. The summed E-state index contributed by atoms with van der Waals surface area (Å²) in [4.78, 5) is 39.2. The average molecular weight is 457 g/mol. The molecule has 4 heterocycles. The van der Waals surface area contributed by atoms with Crippen LogP contribution in [0.4, 0.5) is 19.0 Å². The summed E-state index contributed by atoms with van der Waals surface area (Å²) in [5, 5.41) is 9.16. The van der Waals surface area contributed by atoms with Gasteiger partial charge in [-0.1, -0.05) is 5.16 Å². The molecule has 1 aromatic carbocycles. The van der Waals surface area contributed by atoms with Gasteiger partial charge in [-0.2, -0.15) is 13.2 Å². The summed E-state index contributed by atoms with van der Waals surface area (Å²) in [6.07, 6.45) is -3.29. The maximum Gasteiger partial charge on any atom is 0.416 e. The number of amides is 2. The van der Waals surface area contributed by atoms with E-state index in [2.05, 4.69) is 35.7 Å². The van der Waals surface area contributed by atoms with E-state index >= 15 is 0 Å². The number of alkyl halides is 3. The fourth-order valence-electron chi connectivity index (χ4n) is 3.47. The first-order valence-corrected chi connectivity index (χ1v) is 9.67. The molecule has 0 aliphatic carbocycles. The van der Waals surface area contributed by atoms with E-state index in [1.807, 2.05) is 0 Å². The van der Waals surface area contributed by atoms with Crippen molar-refractivity contribution in [2.75, 3.05) is 5.32 Å². The van der Waals surface area contributed by atoms with Crippen molar-refractivity contribution < 1.29 is 27.3 Å². The lowest BCUT2D eigenvalue weighted by molar-refractivity contribution is -0.137. The molecule has 1 atom stereocenters. The molecule has 3 aromatic heterocycles. The number of nitrogens with zero attached hydrogens (tertiary/aromatic N) is 4. The Labute approximate surface area is 182 Å². The number of nitrogens with one attached hydrogen (secondary N) is 3. The molecular weight excluding hydrogens is 443 g/mol. The molecule has 168 valence electrons. The Kier molecular flexibility index (Phi) is 4.62. The number of hydrogen-bond acceptors (Lipinski definition) is 7. The number of carbonyl (C=O) groups excluding carboxylic acids is 2. The predicted octanol–water partition coefficient (Wildman–Crippen LogP) is 3.01. The van der Waals surface area contributed by atoms with Crippen LogP contribution in [-0.2, 0) is 17.4 Å². The van der Waals surface area contributed by atoms with E-state index in [4.69, 9.17) is 4.52 Å². The standard InChI is InChI=1S/C20H14F3N7O3/c1-8(26-19(32)16-10-5-15(31)29-17(10)25-7-24-16)14-6-13(30-33-14)18-27-11-3-2-9(20(21,22)23)4-12(11)28-18/h2-4,6-8H,5H2,1H3,(H,26,32)(H,27,28)(H,24,25,29,31)/t8-/m0/s1. The van der Waals surface area contributed by atoms with Crippen molar-refractivity contribution in [2.24, 2.45) is 0 Å². The first-order chi connectivity index (χ1) is 15.7. The zero-order valence-corrected chi connectivity index (χ0v) is 16.8. The third kappa shape index (κ3) is 3.77. The maximum atomic E-state index is 12.9. The number of H-pyrrole nitrogens is 1. The van der Waals surface area contributed by atoms with E-state index in [9.17, 15) is 22.8 Å². The van der Waals surface area contributed by atoms with Crippen molar-refractivity contribution >= 4 is 28.7 Å². The van der Waals surface area contributed by atoms with Gasteiger partial charge in [0.15, 0.2) is 11.6 Å². The summed E-state index contributed by atoms with van der Waals surface area (Å²) in [5.41, 5.74) is 0.480. The second kappa shape index (κ2) is 7.39. The van der Waals surface area contributed by atoms with Crippen LogP contribution in [0.2, 0.25) is 0 Å². The van der Waals surface area contributed by atoms with Crippen molar-refractivity contribution in [3.63, 3.8) is 0 Å². The lowest BCUT2D eigenvalue weighted by atomic mass is 10.1. The molecule has 13 heteroatoms. The summed E-state index contributed by atoms with van der Waals surface area (Å²) in [5.74, 6) is -0.00116. The highest BCUT2D eigenvalue weighted by Crippen LogP contribution is 2.32. The van der Waals surface area contributed by atoms with E-state index in [0.29, 0.717) is 16.9 Å². The predicted molar refractivity (Wildman–Crippen MR) is 107 cm³/mol. The van der Waals surface area contributed by atoms with E-state index in [1.165, 1.54) is 18.5 Å². The Morgan fingerprint density at radius 2 is 2.06 bits per heavy atom. The van der Waals surface area contributed by atoms with Gasteiger partial charge in [0.25, 0.3) is 5.91 Å². The number of fused-ring (bicyclic) bond motifs is 2. The van der Waals surface area contributed by atoms with Gasteiger partial charge in [0.1, 0.15) is 23.5 Å². The molecule has 10 nitrogen and oxygen atoms in total. The number of benzene rings is 1. The van der Waals surface area contributed by atoms with Crippen molar-refractivity contribution in [3.8, 4) is 11.5 Å². The van der Waals surface area contributed by atoms with Gasteiger partial charge < -0.3 is 20.1 Å². The molecular formula is C20H14F3N7O3. The Balaban J connectivity index is 1.35. The Morgan fingerprint density at radius 1 is 1.24 bits per heavy atom. The maximum absolute atomic E-state index is 12.9. The Morgan fingerprint density at radius 3 is 2.85 bits per heavy atom. The van der Waals surface area contributed by atoms with Crippen LogP contribution in [-0.4, -0.2) is 36.9 Å². The van der Waals surface area contributed by atoms with Gasteiger partial charge in [-0.05, 0) is 25.1 Å².